The van der Waals surface area contributed by atoms with Crippen molar-refractivity contribution in [1.29, 1.82) is 0 Å². The molecular weight excluding hydrogens is 246 g/mol. The topological polar surface area (TPSA) is 18.5 Å². The van der Waals surface area contributed by atoms with E-state index in [2.05, 4.69) is 36.0 Å². The van der Waals surface area contributed by atoms with Gasteiger partial charge in [0.25, 0.3) is 0 Å². The van der Waals surface area contributed by atoms with Crippen LogP contribution < -0.4 is 5.32 Å². The first-order valence-corrected chi connectivity index (χ1v) is 8.95. The highest BCUT2D eigenvalue weighted by Gasteiger charge is 2.30. The molecule has 0 aromatic carbocycles. The molecular formula is C17H35N3. The van der Waals surface area contributed by atoms with Crippen LogP contribution in [-0.4, -0.2) is 61.2 Å². The molecule has 3 nitrogen and oxygen atoms in total. The number of likely N-dealkylation sites (N-methyl/N-ethyl adjacent to an activating group) is 1. The van der Waals surface area contributed by atoms with Crippen molar-refractivity contribution in [2.24, 2.45) is 0 Å². The maximum absolute atomic E-state index is 3.56. The van der Waals surface area contributed by atoms with Crippen LogP contribution >= 0.6 is 0 Å². The number of nitrogens with zero attached hydrogens (tertiary/aromatic N) is 2. The van der Waals surface area contributed by atoms with E-state index in [0.717, 1.165) is 12.1 Å². The van der Waals surface area contributed by atoms with Gasteiger partial charge in [-0.25, -0.2) is 0 Å². The Kier molecular flexibility index (Phi) is 6.79. The van der Waals surface area contributed by atoms with Crippen LogP contribution in [0.3, 0.4) is 0 Å². The van der Waals surface area contributed by atoms with E-state index >= 15 is 0 Å². The van der Waals surface area contributed by atoms with Gasteiger partial charge in [0.2, 0.25) is 0 Å². The van der Waals surface area contributed by atoms with Crippen LogP contribution in [0.4, 0.5) is 0 Å². The fraction of sp³-hybridized carbons (Fsp3) is 1.00. The van der Waals surface area contributed by atoms with Crippen molar-refractivity contribution >= 4 is 0 Å². The van der Waals surface area contributed by atoms with Crippen molar-refractivity contribution < 1.29 is 0 Å². The fourth-order valence-electron chi connectivity index (χ4n) is 4.34. The summed E-state index contributed by atoms with van der Waals surface area (Å²) >= 11 is 0. The first-order chi connectivity index (χ1) is 9.80. The molecule has 118 valence electrons. The van der Waals surface area contributed by atoms with Gasteiger partial charge in [-0.2, -0.15) is 0 Å². The lowest BCUT2D eigenvalue weighted by molar-refractivity contribution is 0.0552. The lowest BCUT2D eigenvalue weighted by Crippen LogP contribution is -2.57. The minimum atomic E-state index is 0.669. The van der Waals surface area contributed by atoms with Gasteiger partial charge in [-0.15, -0.1) is 0 Å². The quantitative estimate of drug-likeness (QED) is 0.774. The summed E-state index contributed by atoms with van der Waals surface area (Å²) in [5, 5.41) is 3.56. The molecule has 3 heteroatoms. The van der Waals surface area contributed by atoms with Crippen molar-refractivity contribution in [3.63, 3.8) is 0 Å². The van der Waals surface area contributed by atoms with Gasteiger partial charge in [0, 0.05) is 44.3 Å². The lowest BCUT2D eigenvalue weighted by Gasteiger charge is -2.43. The maximum atomic E-state index is 3.56. The van der Waals surface area contributed by atoms with Crippen LogP contribution in [0.25, 0.3) is 0 Å². The molecule has 1 heterocycles. The Morgan fingerprint density at radius 2 is 1.70 bits per heavy atom. The van der Waals surface area contributed by atoms with E-state index in [1.54, 1.807) is 0 Å². The highest BCUT2D eigenvalue weighted by molar-refractivity contribution is 4.88. The molecule has 0 spiro atoms. The van der Waals surface area contributed by atoms with E-state index in [0.29, 0.717) is 6.04 Å². The van der Waals surface area contributed by atoms with E-state index in [1.165, 1.54) is 71.1 Å². The van der Waals surface area contributed by atoms with Crippen molar-refractivity contribution in [1.82, 2.24) is 15.1 Å². The van der Waals surface area contributed by atoms with Gasteiger partial charge in [-0.1, -0.05) is 33.1 Å². The number of hydrogen-bond acceptors (Lipinski definition) is 3. The minimum absolute atomic E-state index is 0.669. The summed E-state index contributed by atoms with van der Waals surface area (Å²) in [6, 6.07) is 2.31. The number of hydrogen-bond donors (Lipinski definition) is 1. The predicted octanol–water partition coefficient (Wildman–Crippen LogP) is 2.71. The van der Waals surface area contributed by atoms with Gasteiger partial charge in [0.05, 0.1) is 0 Å². The normalized spacial score (nSPS) is 25.9. The molecule has 20 heavy (non-hydrogen) atoms. The van der Waals surface area contributed by atoms with Crippen molar-refractivity contribution in [3.8, 4) is 0 Å². The van der Waals surface area contributed by atoms with Crippen molar-refractivity contribution in [2.75, 3.05) is 33.2 Å². The number of rotatable bonds is 7. The highest BCUT2D eigenvalue weighted by atomic mass is 15.3. The van der Waals surface area contributed by atoms with Crippen molar-refractivity contribution in [3.05, 3.63) is 0 Å². The summed E-state index contributed by atoms with van der Waals surface area (Å²) in [5.74, 6) is 0. The second kappa shape index (κ2) is 8.35. The van der Waals surface area contributed by atoms with Crippen molar-refractivity contribution in [2.45, 2.75) is 76.9 Å². The second-order valence-electron chi connectivity index (χ2n) is 6.67. The van der Waals surface area contributed by atoms with Crippen LogP contribution in [0.15, 0.2) is 0 Å². The molecule has 0 aromatic rings. The molecule has 1 saturated carbocycles. The summed E-state index contributed by atoms with van der Waals surface area (Å²) in [4.78, 5) is 5.52. The fourth-order valence-corrected chi connectivity index (χ4v) is 4.34. The molecule has 2 fully saturated rings. The molecule has 1 aliphatic carbocycles. The third kappa shape index (κ3) is 3.96. The molecule has 0 bridgehead atoms. The predicted molar refractivity (Wildman–Crippen MR) is 87.2 cm³/mol. The van der Waals surface area contributed by atoms with Gasteiger partial charge in [0.15, 0.2) is 0 Å². The Morgan fingerprint density at radius 1 is 1.05 bits per heavy atom. The van der Waals surface area contributed by atoms with Crippen LogP contribution in [0.5, 0.6) is 0 Å². The molecule has 2 aliphatic rings. The largest absolute Gasteiger partial charge is 0.315 e. The molecule has 1 saturated heterocycles. The summed E-state index contributed by atoms with van der Waals surface area (Å²) in [6.07, 6.45) is 9.68. The molecule has 2 rings (SSSR count). The monoisotopic (exact) mass is 281 g/mol. The average molecular weight is 281 g/mol. The average Bonchev–Trinajstić information content (AvgIpc) is 3.02. The van der Waals surface area contributed by atoms with E-state index in [4.69, 9.17) is 0 Å². The molecule has 1 N–H and O–H groups in total. The molecule has 0 aromatic heterocycles. The first kappa shape index (κ1) is 16.3. The van der Waals surface area contributed by atoms with Crippen LogP contribution in [0, 0.1) is 0 Å². The Hall–Kier alpha value is -0.120. The van der Waals surface area contributed by atoms with Gasteiger partial charge in [0.1, 0.15) is 0 Å². The minimum Gasteiger partial charge on any atom is -0.315 e. The van der Waals surface area contributed by atoms with Crippen LogP contribution in [0.2, 0.25) is 0 Å². The maximum Gasteiger partial charge on any atom is 0.0247 e. The Morgan fingerprint density at radius 3 is 2.20 bits per heavy atom. The van der Waals surface area contributed by atoms with Crippen LogP contribution in [-0.2, 0) is 0 Å². The van der Waals surface area contributed by atoms with E-state index in [-0.39, 0.29) is 0 Å². The lowest BCUT2D eigenvalue weighted by atomic mass is 9.98. The highest BCUT2D eigenvalue weighted by Crippen LogP contribution is 2.25. The Bertz CT molecular complexity index is 255. The Balaban J connectivity index is 1.83. The summed E-state index contributed by atoms with van der Waals surface area (Å²) in [7, 11) is 2.14. The third-order valence-corrected chi connectivity index (χ3v) is 5.51. The summed E-state index contributed by atoms with van der Waals surface area (Å²) < 4.78 is 0. The third-order valence-electron chi connectivity index (χ3n) is 5.51. The zero-order chi connectivity index (χ0) is 14.4. The summed E-state index contributed by atoms with van der Waals surface area (Å²) in [5.41, 5.74) is 0. The zero-order valence-electron chi connectivity index (χ0n) is 13.9. The molecule has 2 atom stereocenters. The Labute approximate surface area is 126 Å². The van der Waals surface area contributed by atoms with E-state index in [9.17, 15) is 0 Å². The SMILES string of the molecule is CCCC(NC)C(CC)N1CCN(C2CCCC2)CC1. The molecule has 1 aliphatic heterocycles. The smallest absolute Gasteiger partial charge is 0.0247 e. The van der Waals surface area contributed by atoms with E-state index < -0.39 is 0 Å². The van der Waals surface area contributed by atoms with Gasteiger partial charge < -0.3 is 5.32 Å². The number of piperazine rings is 1. The van der Waals surface area contributed by atoms with E-state index in [1.807, 2.05) is 0 Å². The van der Waals surface area contributed by atoms with Gasteiger partial charge in [-0.3, -0.25) is 9.80 Å². The zero-order valence-corrected chi connectivity index (χ0v) is 13.9. The summed E-state index contributed by atoms with van der Waals surface area (Å²) in [6.45, 7) is 9.80. The van der Waals surface area contributed by atoms with Crippen LogP contribution in [0.1, 0.15) is 58.8 Å². The number of nitrogens with one attached hydrogen (secondary N) is 1. The van der Waals surface area contributed by atoms with Gasteiger partial charge >= 0.3 is 0 Å². The second-order valence-corrected chi connectivity index (χ2v) is 6.67. The molecule has 0 radical (unpaired) electrons. The first-order valence-electron chi connectivity index (χ1n) is 8.95. The molecule has 2 unspecified atom stereocenters. The standard InChI is InChI=1S/C17H35N3/c1-4-8-16(18-3)17(5-2)20-13-11-19(12-14-20)15-9-6-7-10-15/h15-18H,4-14H2,1-3H3. The van der Waals surface area contributed by atoms with Gasteiger partial charge in [-0.05, 0) is 32.7 Å². The molecule has 0 amide bonds.